The molecule has 1 aromatic carbocycles. The van der Waals surface area contributed by atoms with Crippen molar-refractivity contribution in [2.24, 2.45) is 0 Å². The summed E-state index contributed by atoms with van der Waals surface area (Å²) in [5.41, 5.74) is -1.24. The Morgan fingerprint density at radius 1 is 1.48 bits per heavy atom. The number of nitriles is 1. The maximum Gasteiger partial charge on any atom is 0.417 e. The minimum absolute atomic E-state index is 0.206. The molecule has 0 heterocycles. The second-order valence-corrected chi connectivity index (χ2v) is 4.53. The largest absolute Gasteiger partial charge is 0.417 e. The van der Waals surface area contributed by atoms with Gasteiger partial charge in [0, 0.05) is 19.2 Å². The van der Waals surface area contributed by atoms with Gasteiger partial charge in [0.2, 0.25) is 0 Å². The van der Waals surface area contributed by atoms with Crippen LogP contribution < -0.4 is 4.90 Å². The number of aliphatic hydroxyl groups is 1. The van der Waals surface area contributed by atoms with Crippen LogP contribution in [0.5, 0.6) is 0 Å². The summed E-state index contributed by atoms with van der Waals surface area (Å²) in [4.78, 5) is 11.8. The summed E-state index contributed by atoms with van der Waals surface area (Å²) < 4.78 is 38.7. The number of likely N-dealkylation sites (N-methyl/N-ethyl adjacent to an activating group) is 1. The summed E-state index contributed by atoms with van der Waals surface area (Å²) in [6.45, 7) is -0.286. The first-order valence-electron chi connectivity index (χ1n) is 6.23. The van der Waals surface area contributed by atoms with Crippen LogP contribution in [-0.2, 0) is 11.0 Å². The first-order chi connectivity index (χ1) is 9.85. The van der Waals surface area contributed by atoms with Crippen LogP contribution in [0.25, 0.3) is 0 Å². The van der Waals surface area contributed by atoms with Gasteiger partial charge in [-0.05, 0) is 24.6 Å². The lowest BCUT2D eigenvalue weighted by Gasteiger charge is -2.29. The van der Waals surface area contributed by atoms with Crippen LogP contribution in [0.1, 0.15) is 24.0 Å². The molecule has 0 aliphatic carbocycles. The molecule has 0 aliphatic heterocycles. The normalized spacial score (nSPS) is 12.6. The number of anilines is 1. The quantitative estimate of drug-likeness (QED) is 0.819. The lowest BCUT2D eigenvalue weighted by molar-refractivity contribution is -0.137. The Kier molecular flexibility index (Phi) is 5.73. The van der Waals surface area contributed by atoms with Crippen LogP contribution in [-0.4, -0.2) is 31.1 Å². The topological polar surface area (TPSA) is 64.3 Å². The monoisotopic (exact) mass is 300 g/mol. The number of aldehydes is 1. The number of hydrogen-bond acceptors (Lipinski definition) is 4. The first-order valence-corrected chi connectivity index (χ1v) is 6.23. The van der Waals surface area contributed by atoms with Crippen molar-refractivity contribution in [1.82, 2.24) is 0 Å². The van der Waals surface area contributed by atoms with Crippen molar-refractivity contribution >= 4 is 12.0 Å². The first kappa shape index (κ1) is 17.0. The standard InChI is InChI=1S/C14H15F3N2O2/c1-19(12(9-21)3-2-6-20)11-5-4-10(8-18)13(7-11)14(15,16)17/h4-7,12,21H,2-3,9H2,1H3/t12-/m1/s1. The van der Waals surface area contributed by atoms with Crippen LogP contribution >= 0.6 is 0 Å². The molecule has 1 N–H and O–H groups in total. The second-order valence-electron chi connectivity index (χ2n) is 4.53. The maximum absolute atomic E-state index is 12.9. The van der Waals surface area contributed by atoms with Gasteiger partial charge in [-0.15, -0.1) is 0 Å². The highest BCUT2D eigenvalue weighted by Crippen LogP contribution is 2.34. The molecule has 4 nitrogen and oxygen atoms in total. The molecule has 7 heteroatoms. The Morgan fingerprint density at radius 3 is 2.62 bits per heavy atom. The van der Waals surface area contributed by atoms with E-state index in [2.05, 4.69) is 0 Å². The van der Waals surface area contributed by atoms with E-state index in [0.717, 1.165) is 12.1 Å². The molecule has 0 saturated carbocycles. The fourth-order valence-corrected chi connectivity index (χ4v) is 1.96. The van der Waals surface area contributed by atoms with E-state index < -0.39 is 23.3 Å². The predicted octanol–water partition coefficient (Wildman–Crippen LogP) is 2.35. The van der Waals surface area contributed by atoms with Crippen LogP contribution in [0.15, 0.2) is 18.2 Å². The molecule has 0 amide bonds. The number of alkyl halides is 3. The molecule has 0 unspecified atom stereocenters. The Hall–Kier alpha value is -2.07. The van der Waals surface area contributed by atoms with Crippen molar-refractivity contribution in [3.8, 4) is 6.07 Å². The van der Waals surface area contributed by atoms with Gasteiger partial charge in [0.25, 0.3) is 0 Å². The highest BCUT2D eigenvalue weighted by Gasteiger charge is 2.34. The Labute approximate surface area is 120 Å². The van der Waals surface area contributed by atoms with Gasteiger partial charge in [-0.25, -0.2) is 0 Å². The van der Waals surface area contributed by atoms with Crippen molar-refractivity contribution in [3.05, 3.63) is 29.3 Å². The van der Waals surface area contributed by atoms with E-state index in [-0.39, 0.29) is 18.7 Å². The zero-order chi connectivity index (χ0) is 16.0. The number of nitrogens with zero attached hydrogens (tertiary/aromatic N) is 2. The highest BCUT2D eigenvalue weighted by atomic mass is 19.4. The number of carbonyl (C=O) groups excluding carboxylic acids is 1. The van der Waals surface area contributed by atoms with Gasteiger partial charge in [-0.2, -0.15) is 18.4 Å². The molecule has 1 atom stereocenters. The summed E-state index contributed by atoms with van der Waals surface area (Å²) in [5.74, 6) is 0. The fraction of sp³-hybridized carbons (Fsp3) is 0.429. The molecule has 0 spiro atoms. The van der Waals surface area contributed by atoms with E-state index in [1.165, 1.54) is 24.1 Å². The summed E-state index contributed by atoms with van der Waals surface area (Å²) in [6.07, 6.45) is -3.40. The van der Waals surface area contributed by atoms with E-state index in [0.29, 0.717) is 12.7 Å². The van der Waals surface area contributed by atoms with Gasteiger partial charge in [0.15, 0.2) is 0 Å². The molecule has 0 fully saturated rings. The molecule has 1 rings (SSSR count). The lowest BCUT2D eigenvalue weighted by atomic mass is 10.0. The molecule has 0 radical (unpaired) electrons. The number of aliphatic hydroxyl groups excluding tert-OH is 1. The van der Waals surface area contributed by atoms with Crippen molar-refractivity contribution < 1.29 is 23.1 Å². The fourth-order valence-electron chi connectivity index (χ4n) is 1.96. The van der Waals surface area contributed by atoms with Gasteiger partial charge in [0.05, 0.1) is 29.8 Å². The minimum atomic E-state index is -4.63. The van der Waals surface area contributed by atoms with E-state index >= 15 is 0 Å². The maximum atomic E-state index is 12.9. The SMILES string of the molecule is CN(c1ccc(C#N)c(C(F)(F)F)c1)[C@@H](CO)CCC=O. The second kappa shape index (κ2) is 7.09. The van der Waals surface area contributed by atoms with E-state index in [1.807, 2.05) is 0 Å². The predicted molar refractivity (Wildman–Crippen MR) is 70.7 cm³/mol. The lowest BCUT2D eigenvalue weighted by Crippen LogP contribution is -2.35. The highest BCUT2D eigenvalue weighted by molar-refractivity contribution is 5.55. The molecular formula is C14H15F3N2O2. The van der Waals surface area contributed by atoms with Gasteiger partial charge in [0.1, 0.15) is 6.29 Å². The Balaban J connectivity index is 3.13. The van der Waals surface area contributed by atoms with Crippen molar-refractivity contribution in [2.45, 2.75) is 25.1 Å². The molecule has 114 valence electrons. The number of benzene rings is 1. The zero-order valence-corrected chi connectivity index (χ0v) is 11.4. The zero-order valence-electron chi connectivity index (χ0n) is 11.4. The average molecular weight is 300 g/mol. The van der Waals surface area contributed by atoms with Crippen LogP contribution in [0.3, 0.4) is 0 Å². The van der Waals surface area contributed by atoms with Gasteiger partial charge in [-0.1, -0.05) is 0 Å². The van der Waals surface area contributed by atoms with E-state index in [4.69, 9.17) is 5.26 Å². The Morgan fingerprint density at radius 2 is 2.14 bits per heavy atom. The molecule has 0 aromatic heterocycles. The number of hydrogen-bond donors (Lipinski definition) is 1. The van der Waals surface area contributed by atoms with Crippen molar-refractivity contribution in [3.63, 3.8) is 0 Å². The average Bonchev–Trinajstić information content (AvgIpc) is 2.46. The van der Waals surface area contributed by atoms with Gasteiger partial charge >= 0.3 is 6.18 Å². The third-order valence-electron chi connectivity index (χ3n) is 3.21. The van der Waals surface area contributed by atoms with Crippen LogP contribution in [0.2, 0.25) is 0 Å². The summed E-state index contributed by atoms with van der Waals surface area (Å²) in [7, 11) is 1.53. The molecule has 0 aliphatic rings. The van der Waals surface area contributed by atoms with Gasteiger partial charge < -0.3 is 14.8 Å². The molecule has 0 bridgehead atoms. The molecule has 1 aromatic rings. The Bertz CT molecular complexity index is 538. The van der Waals surface area contributed by atoms with Crippen molar-refractivity contribution in [1.29, 1.82) is 5.26 Å². The minimum Gasteiger partial charge on any atom is -0.394 e. The molecule has 0 saturated heterocycles. The number of rotatable bonds is 6. The smallest absolute Gasteiger partial charge is 0.394 e. The van der Waals surface area contributed by atoms with Crippen LogP contribution in [0, 0.1) is 11.3 Å². The summed E-state index contributed by atoms with van der Waals surface area (Å²) in [5, 5.41) is 18.0. The molecule has 21 heavy (non-hydrogen) atoms. The third kappa shape index (κ3) is 4.20. The van der Waals surface area contributed by atoms with E-state index in [9.17, 15) is 23.1 Å². The van der Waals surface area contributed by atoms with Crippen molar-refractivity contribution in [2.75, 3.05) is 18.6 Å². The molecular weight excluding hydrogens is 285 g/mol. The number of halogens is 3. The third-order valence-corrected chi connectivity index (χ3v) is 3.21. The summed E-state index contributed by atoms with van der Waals surface area (Å²) in [6, 6.07) is 4.41. The van der Waals surface area contributed by atoms with Crippen LogP contribution in [0.4, 0.5) is 18.9 Å². The summed E-state index contributed by atoms with van der Waals surface area (Å²) >= 11 is 0. The number of carbonyl (C=O) groups is 1. The van der Waals surface area contributed by atoms with E-state index in [1.54, 1.807) is 0 Å². The van der Waals surface area contributed by atoms with Gasteiger partial charge in [-0.3, -0.25) is 0 Å².